The van der Waals surface area contributed by atoms with Crippen LogP contribution in [-0.2, 0) is 0 Å². The second-order valence-electron chi connectivity index (χ2n) is 3.58. The second kappa shape index (κ2) is 4.67. The first-order valence-electron chi connectivity index (χ1n) is 5.13. The molecule has 0 radical (unpaired) electrons. The van der Waals surface area contributed by atoms with E-state index in [9.17, 15) is 0 Å². The van der Waals surface area contributed by atoms with Gasteiger partial charge in [0.2, 0.25) is 0 Å². The van der Waals surface area contributed by atoms with Crippen molar-refractivity contribution in [3.8, 4) is 17.1 Å². The smallest absolute Gasteiger partial charge is 0.294 e. The van der Waals surface area contributed by atoms with Crippen LogP contribution >= 0.6 is 11.6 Å². The van der Waals surface area contributed by atoms with E-state index in [-0.39, 0.29) is 0 Å². The van der Waals surface area contributed by atoms with Crippen LogP contribution in [0.2, 0.25) is 5.02 Å². The minimum absolute atomic E-state index is 0.457. The molecule has 4 nitrogen and oxygen atoms in total. The summed E-state index contributed by atoms with van der Waals surface area (Å²) in [5.41, 5.74) is 1.75. The normalized spacial score (nSPS) is 10.4. The minimum Gasteiger partial charge on any atom is -0.496 e. The van der Waals surface area contributed by atoms with E-state index in [1.165, 1.54) is 0 Å². The van der Waals surface area contributed by atoms with Gasteiger partial charge in [-0.1, -0.05) is 11.6 Å². The summed E-state index contributed by atoms with van der Waals surface area (Å²) < 4.78 is 10.8. The first-order chi connectivity index (χ1) is 8.15. The molecule has 0 saturated carbocycles. The highest BCUT2D eigenvalue weighted by Crippen LogP contribution is 2.35. The number of ether oxygens (including phenoxy) is 1. The number of halogens is 1. The maximum Gasteiger partial charge on any atom is 0.294 e. The van der Waals surface area contributed by atoms with Crippen LogP contribution in [0.5, 0.6) is 5.75 Å². The van der Waals surface area contributed by atoms with Gasteiger partial charge in [0, 0.05) is 12.1 Å². The zero-order chi connectivity index (χ0) is 12.4. The zero-order valence-corrected chi connectivity index (χ0v) is 10.6. The fourth-order valence-electron chi connectivity index (χ4n) is 1.53. The van der Waals surface area contributed by atoms with Crippen molar-refractivity contribution in [3.63, 3.8) is 0 Å². The summed E-state index contributed by atoms with van der Waals surface area (Å²) in [4.78, 5) is 4.06. The van der Waals surface area contributed by atoms with Gasteiger partial charge < -0.3 is 14.5 Å². The van der Waals surface area contributed by atoms with Crippen LogP contribution in [0, 0.1) is 6.92 Å². The molecule has 0 amide bonds. The Labute approximate surface area is 105 Å². The third kappa shape index (κ3) is 2.22. The molecular formula is C12H13ClN2O2. The van der Waals surface area contributed by atoms with Gasteiger partial charge in [0.05, 0.1) is 18.9 Å². The van der Waals surface area contributed by atoms with Crippen molar-refractivity contribution < 1.29 is 9.15 Å². The average molecular weight is 253 g/mol. The monoisotopic (exact) mass is 252 g/mol. The van der Waals surface area contributed by atoms with E-state index in [0.29, 0.717) is 22.5 Å². The summed E-state index contributed by atoms with van der Waals surface area (Å²) in [6.07, 6.45) is 1.63. The van der Waals surface area contributed by atoms with Crippen molar-refractivity contribution in [2.45, 2.75) is 6.92 Å². The summed E-state index contributed by atoms with van der Waals surface area (Å²) in [6.45, 7) is 1.92. The predicted molar refractivity (Wildman–Crippen MR) is 67.8 cm³/mol. The van der Waals surface area contributed by atoms with Crippen molar-refractivity contribution in [3.05, 3.63) is 28.9 Å². The number of aryl methyl sites for hydroxylation is 1. The number of benzene rings is 1. The molecule has 1 aromatic heterocycles. The highest BCUT2D eigenvalue weighted by atomic mass is 35.5. The first-order valence-corrected chi connectivity index (χ1v) is 5.51. The van der Waals surface area contributed by atoms with Gasteiger partial charge in [0.25, 0.3) is 6.01 Å². The molecule has 1 heterocycles. The van der Waals surface area contributed by atoms with Crippen LogP contribution in [-0.4, -0.2) is 19.1 Å². The topological polar surface area (TPSA) is 47.3 Å². The largest absolute Gasteiger partial charge is 0.496 e. The summed E-state index contributed by atoms with van der Waals surface area (Å²) >= 11 is 6.10. The number of anilines is 1. The number of methoxy groups -OCH3 is 1. The zero-order valence-electron chi connectivity index (χ0n) is 9.87. The summed E-state index contributed by atoms with van der Waals surface area (Å²) in [5.74, 6) is 1.33. The Bertz CT molecular complexity index is 537. The van der Waals surface area contributed by atoms with Gasteiger partial charge in [0.15, 0.2) is 5.76 Å². The Morgan fingerprint density at radius 1 is 1.41 bits per heavy atom. The van der Waals surface area contributed by atoms with Gasteiger partial charge in [-0.15, -0.1) is 0 Å². The lowest BCUT2D eigenvalue weighted by atomic mass is 10.1. The van der Waals surface area contributed by atoms with Crippen molar-refractivity contribution in [1.29, 1.82) is 0 Å². The van der Waals surface area contributed by atoms with E-state index in [4.69, 9.17) is 20.8 Å². The molecule has 2 aromatic rings. The van der Waals surface area contributed by atoms with Gasteiger partial charge >= 0.3 is 0 Å². The van der Waals surface area contributed by atoms with E-state index in [2.05, 4.69) is 10.3 Å². The van der Waals surface area contributed by atoms with Crippen molar-refractivity contribution >= 4 is 17.6 Å². The number of hydrogen-bond donors (Lipinski definition) is 1. The molecule has 5 heteroatoms. The molecule has 1 aromatic carbocycles. The van der Waals surface area contributed by atoms with E-state index >= 15 is 0 Å². The fraction of sp³-hybridized carbons (Fsp3) is 0.250. The molecular weight excluding hydrogens is 240 g/mol. The van der Waals surface area contributed by atoms with E-state index in [1.807, 2.05) is 19.1 Å². The number of rotatable bonds is 3. The van der Waals surface area contributed by atoms with E-state index in [0.717, 1.165) is 11.1 Å². The van der Waals surface area contributed by atoms with Gasteiger partial charge in [-0.25, -0.2) is 4.98 Å². The molecule has 2 rings (SSSR count). The molecule has 0 aliphatic carbocycles. The highest BCUT2D eigenvalue weighted by molar-refractivity contribution is 6.31. The molecule has 1 N–H and O–H groups in total. The molecule has 17 heavy (non-hydrogen) atoms. The van der Waals surface area contributed by atoms with Gasteiger partial charge in [-0.05, 0) is 24.6 Å². The van der Waals surface area contributed by atoms with E-state index < -0.39 is 0 Å². The molecule has 0 saturated heterocycles. The Balaban J connectivity index is 2.53. The molecule has 0 unspecified atom stereocenters. The maximum atomic E-state index is 6.10. The highest BCUT2D eigenvalue weighted by Gasteiger charge is 2.13. The summed E-state index contributed by atoms with van der Waals surface area (Å²) in [5, 5.41) is 3.50. The fourth-order valence-corrected chi connectivity index (χ4v) is 1.69. The lowest BCUT2D eigenvalue weighted by Gasteiger charge is -2.08. The van der Waals surface area contributed by atoms with Crippen molar-refractivity contribution in [2.75, 3.05) is 19.5 Å². The van der Waals surface area contributed by atoms with Crippen LogP contribution < -0.4 is 10.1 Å². The number of oxazole rings is 1. The van der Waals surface area contributed by atoms with E-state index in [1.54, 1.807) is 20.4 Å². The van der Waals surface area contributed by atoms with Crippen LogP contribution in [0.15, 0.2) is 22.7 Å². The van der Waals surface area contributed by atoms with Crippen LogP contribution in [0.1, 0.15) is 5.56 Å². The standard InChI is InChI=1S/C12H13ClN2O2/c1-7-4-10(16-3)8(5-9(7)13)11-6-15-12(14-2)17-11/h4-6H,1-3H3,(H,14,15). The molecule has 0 spiro atoms. The number of aromatic nitrogens is 1. The van der Waals surface area contributed by atoms with Crippen LogP contribution in [0.25, 0.3) is 11.3 Å². The Morgan fingerprint density at radius 2 is 2.18 bits per heavy atom. The molecule has 0 fully saturated rings. The molecule has 0 atom stereocenters. The lowest BCUT2D eigenvalue weighted by Crippen LogP contribution is -1.89. The summed E-state index contributed by atoms with van der Waals surface area (Å²) in [7, 11) is 3.36. The number of nitrogens with one attached hydrogen (secondary N) is 1. The average Bonchev–Trinajstić information content (AvgIpc) is 2.80. The number of hydrogen-bond acceptors (Lipinski definition) is 4. The minimum atomic E-state index is 0.457. The molecule has 0 aliphatic heterocycles. The molecule has 90 valence electrons. The van der Waals surface area contributed by atoms with Crippen LogP contribution in [0.4, 0.5) is 6.01 Å². The predicted octanol–water partition coefficient (Wildman–Crippen LogP) is 3.35. The van der Waals surface area contributed by atoms with Gasteiger partial charge in [-0.3, -0.25) is 0 Å². The lowest BCUT2D eigenvalue weighted by molar-refractivity contribution is 0.414. The Hall–Kier alpha value is -1.68. The Morgan fingerprint density at radius 3 is 2.76 bits per heavy atom. The molecule has 0 bridgehead atoms. The molecule has 0 aliphatic rings. The van der Waals surface area contributed by atoms with Gasteiger partial charge in [0.1, 0.15) is 5.75 Å². The van der Waals surface area contributed by atoms with Gasteiger partial charge in [-0.2, -0.15) is 0 Å². The SMILES string of the molecule is CNc1ncc(-c2cc(Cl)c(C)cc2OC)o1. The third-order valence-corrected chi connectivity index (χ3v) is 2.87. The quantitative estimate of drug-likeness (QED) is 0.910. The first kappa shape index (κ1) is 11.8. The second-order valence-corrected chi connectivity index (χ2v) is 3.99. The van der Waals surface area contributed by atoms with Crippen molar-refractivity contribution in [1.82, 2.24) is 4.98 Å². The maximum absolute atomic E-state index is 6.10. The number of nitrogens with zero attached hydrogens (tertiary/aromatic N) is 1. The third-order valence-electron chi connectivity index (χ3n) is 2.47. The van der Waals surface area contributed by atoms with Crippen molar-refractivity contribution in [2.24, 2.45) is 0 Å². The van der Waals surface area contributed by atoms with Crippen LogP contribution in [0.3, 0.4) is 0 Å². The summed E-state index contributed by atoms with van der Waals surface area (Å²) in [6, 6.07) is 4.15. The Kier molecular flexibility index (Phi) is 3.24.